The first-order valence-corrected chi connectivity index (χ1v) is 14.2. The Morgan fingerprint density at radius 1 is 1.07 bits per heavy atom. The molecule has 0 aromatic heterocycles. The Labute approximate surface area is 237 Å². The van der Waals surface area contributed by atoms with Crippen LogP contribution in [0.1, 0.15) is 44.2 Å². The van der Waals surface area contributed by atoms with Crippen LogP contribution in [0.5, 0.6) is 5.75 Å². The van der Waals surface area contributed by atoms with Crippen molar-refractivity contribution in [2.45, 2.75) is 68.5 Å². The number of carboxylic acid groups (broad SMARTS) is 1. The zero-order valence-electron chi connectivity index (χ0n) is 22.3. The van der Waals surface area contributed by atoms with Crippen molar-refractivity contribution >= 4 is 27.6 Å². The number of hydrogen-bond donors (Lipinski definition) is 1. The highest BCUT2D eigenvalue weighted by atomic mass is 32.2. The molecule has 230 valence electrons. The molecule has 0 bridgehead atoms. The minimum atomic E-state index is -4.86. The van der Waals surface area contributed by atoms with Gasteiger partial charge in [-0.3, -0.25) is 13.9 Å². The zero-order chi connectivity index (χ0) is 31.3. The first kappa shape index (κ1) is 31.4. The van der Waals surface area contributed by atoms with Crippen LogP contribution in [-0.4, -0.2) is 49.9 Å². The van der Waals surface area contributed by atoms with Gasteiger partial charge in [0, 0.05) is 0 Å². The lowest BCUT2D eigenvalue weighted by atomic mass is 9.95. The number of sulfonamides is 1. The average Bonchev–Trinajstić information content (AvgIpc) is 3.70. The molecule has 0 unspecified atom stereocenters. The molecule has 0 saturated heterocycles. The molecule has 1 heterocycles. The van der Waals surface area contributed by atoms with Gasteiger partial charge in [-0.15, -0.1) is 0 Å². The van der Waals surface area contributed by atoms with Crippen LogP contribution in [0.2, 0.25) is 0 Å². The predicted octanol–water partition coefficient (Wildman–Crippen LogP) is 5.59. The van der Waals surface area contributed by atoms with E-state index in [-0.39, 0.29) is 29.3 Å². The first-order chi connectivity index (χ1) is 19.3. The van der Waals surface area contributed by atoms with Crippen LogP contribution in [0, 0.1) is 11.8 Å². The van der Waals surface area contributed by atoms with Gasteiger partial charge < -0.3 is 14.6 Å². The summed E-state index contributed by atoms with van der Waals surface area (Å²) < 4.78 is 118. The smallest absolute Gasteiger partial charge is 0.427 e. The molecule has 1 aliphatic carbocycles. The van der Waals surface area contributed by atoms with Gasteiger partial charge in [0.05, 0.1) is 35.0 Å². The topological polar surface area (TPSA) is 110 Å². The van der Waals surface area contributed by atoms with Crippen molar-refractivity contribution in [3.05, 3.63) is 53.6 Å². The van der Waals surface area contributed by atoms with E-state index >= 15 is 0 Å². The number of alkyl halides is 6. The Kier molecular flexibility index (Phi) is 8.21. The summed E-state index contributed by atoms with van der Waals surface area (Å²) in [5.74, 6) is -3.35. The molecular formula is C27H27F6NO7S. The van der Waals surface area contributed by atoms with E-state index in [0.717, 1.165) is 22.5 Å². The van der Waals surface area contributed by atoms with Gasteiger partial charge in [0.15, 0.2) is 0 Å². The molecule has 0 amide bonds. The molecule has 2 aliphatic rings. The van der Waals surface area contributed by atoms with Gasteiger partial charge in [-0.05, 0) is 74.9 Å². The molecule has 42 heavy (non-hydrogen) atoms. The summed E-state index contributed by atoms with van der Waals surface area (Å²) in [7, 11) is -4.70. The number of fused-ring (bicyclic) bond motifs is 1. The molecule has 8 nitrogen and oxygen atoms in total. The maximum Gasteiger partial charge on any atom is 0.427 e. The number of anilines is 1. The quantitative estimate of drug-likeness (QED) is 0.287. The van der Waals surface area contributed by atoms with E-state index in [0.29, 0.717) is 38.8 Å². The predicted molar refractivity (Wildman–Crippen MR) is 135 cm³/mol. The average molecular weight is 624 g/mol. The van der Waals surface area contributed by atoms with Crippen molar-refractivity contribution in [2.24, 2.45) is 11.8 Å². The molecule has 2 aromatic rings. The van der Waals surface area contributed by atoms with Crippen LogP contribution in [0.15, 0.2) is 47.4 Å². The molecule has 4 rings (SSSR count). The van der Waals surface area contributed by atoms with Crippen LogP contribution < -0.4 is 9.04 Å². The van der Waals surface area contributed by atoms with Crippen molar-refractivity contribution in [1.29, 1.82) is 0 Å². The number of rotatable bonds is 9. The number of nitrogens with zero attached hydrogens (tertiary/aromatic N) is 1. The summed E-state index contributed by atoms with van der Waals surface area (Å²) >= 11 is 0. The number of hydrogen-bond acceptors (Lipinski definition) is 6. The highest BCUT2D eigenvalue weighted by Crippen LogP contribution is 2.43. The second-order valence-electron chi connectivity index (χ2n) is 10.8. The third kappa shape index (κ3) is 6.76. The largest absolute Gasteiger partial charge is 0.486 e. The fourth-order valence-electron chi connectivity index (χ4n) is 4.60. The fourth-order valence-corrected chi connectivity index (χ4v) is 6.14. The van der Waals surface area contributed by atoms with Crippen molar-refractivity contribution in [3.8, 4) is 5.75 Å². The van der Waals surface area contributed by atoms with Crippen molar-refractivity contribution < 1.29 is 58.9 Å². The van der Waals surface area contributed by atoms with Gasteiger partial charge in [-0.1, -0.05) is 12.1 Å². The molecule has 1 N–H and O–H groups in total. The number of carbonyl (C=O) groups is 2. The molecule has 1 saturated carbocycles. The van der Waals surface area contributed by atoms with E-state index < -0.39 is 75.4 Å². The molecule has 2 aromatic carbocycles. The fraction of sp³-hybridized carbons (Fsp3) is 0.481. The normalized spacial score (nSPS) is 18.6. The van der Waals surface area contributed by atoms with Crippen molar-refractivity contribution in [1.82, 2.24) is 0 Å². The number of esters is 1. The Hall–Kier alpha value is -3.49. The SMILES string of the molecule is CC(C)(OC(=O)Cc1ccc2c(c1)N(S(=O)(=O)c1cccc(C(F)(F)F)c1)C[C@H](C[C@@H](C(=O)O)C1CC1)O2)C(F)(F)F. The maximum atomic E-state index is 13.7. The second kappa shape index (κ2) is 11.0. The van der Waals surface area contributed by atoms with Gasteiger partial charge in [0.2, 0.25) is 5.60 Å². The van der Waals surface area contributed by atoms with Gasteiger partial charge in [-0.25, -0.2) is 8.42 Å². The second-order valence-corrected chi connectivity index (χ2v) is 12.6. The lowest BCUT2D eigenvalue weighted by molar-refractivity contribution is -0.257. The molecule has 2 atom stereocenters. The molecule has 0 radical (unpaired) electrons. The van der Waals surface area contributed by atoms with Crippen LogP contribution in [0.4, 0.5) is 32.0 Å². The number of ether oxygens (including phenoxy) is 2. The molecule has 0 spiro atoms. The van der Waals surface area contributed by atoms with E-state index in [4.69, 9.17) is 4.74 Å². The number of halogens is 6. The van der Waals surface area contributed by atoms with Gasteiger partial charge >= 0.3 is 24.3 Å². The lowest BCUT2D eigenvalue weighted by Gasteiger charge is -2.36. The number of carboxylic acids is 1. The van der Waals surface area contributed by atoms with E-state index in [2.05, 4.69) is 4.74 Å². The summed E-state index contributed by atoms with van der Waals surface area (Å²) in [6.07, 6.45) is -10.1. The molecule has 1 fully saturated rings. The van der Waals surface area contributed by atoms with Gasteiger partial charge in [0.1, 0.15) is 11.9 Å². The molecule has 15 heteroatoms. The highest BCUT2D eigenvalue weighted by molar-refractivity contribution is 7.92. The lowest BCUT2D eigenvalue weighted by Crippen LogP contribution is -2.45. The van der Waals surface area contributed by atoms with Crippen LogP contribution in [-0.2, 0) is 36.9 Å². The van der Waals surface area contributed by atoms with Crippen LogP contribution >= 0.6 is 0 Å². The Morgan fingerprint density at radius 2 is 1.74 bits per heavy atom. The first-order valence-electron chi connectivity index (χ1n) is 12.8. The molecular weight excluding hydrogens is 596 g/mol. The minimum absolute atomic E-state index is 0.0457. The number of benzene rings is 2. The van der Waals surface area contributed by atoms with Crippen LogP contribution in [0.25, 0.3) is 0 Å². The van der Waals surface area contributed by atoms with E-state index in [1.165, 1.54) is 12.1 Å². The highest BCUT2D eigenvalue weighted by Gasteiger charge is 2.51. The van der Waals surface area contributed by atoms with Gasteiger partial charge in [-0.2, -0.15) is 26.3 Å². The summed E-state index contributed by atoms with van der Waals surface area (Å²) in [5.41, 5.74) is -4.14. The van der Waals surface area contributed by atoms with E-state index in [1.54, 1.807) is 0 Å². The summed E-state index contributed by atoms with van der Waals surface area (Å²) in [4.78, 5) is 23.5. The van der Waals surface area contributed by atoms with Crippen LogP contribution in [0.3, 0.4) is 0 Å². The van der Waals surface area contributed by atoms with Crippen molar-refractivity contribution in [3.63, 3.8) is 0 Å². The minimum Gasteiger partial charge on any atom is -0.486 e. The summed E-state index contributed by atoms with van der Waals surface area (Å²) in [6, 6.07) is 6.79. The zero-order valence-corrected chi connectivity index (χ0v) is 23.1. The standard InChI is InChI=1S/C27H27F6NO7S/c1-25(2,27(31,32)33)41-23(35)11-15-6-9-22-21(10-15)34(14-18(40-22)13-20(24(36)37)16-7-8-16)42(38,39)19-5-3-4-17(12-19)26(28,29)30/h3-6,9-10,12,16,18,20H,7-8,11,13-14H2,1-2H3,(H,36,37)/t18-,20+/m0/s1. The number of aliphatic carboxylic acids is 1. The maximum absolute atomic E-state index is 13.7. The third-order valence-electron chi connectivity index (χ3n) is 7.13. The Bertz CT molecular complexity index is 1470. The summed E-state index contributed by atoms with van der Waals surface area (Å²) in [5, 5.41) is 9.66. The molecule has 1 aliphatic heterocycles. The van der Waals surface area contributed by atoms with E-state index in [1.807, 2.05) is 0 Å². The van der Waals surface area contributed by atoms with Gasteiger partial charge in [0.25, 0.3) is 10.0 Å². The summed E-state index contributed by atoms with van der Waals surface area (Å²) in [6.45, 7) is 0.874. The Balaban J connectivity index is 1.70. The monoisotopic (exact) mass is 623 g/mol. The number of carbonyl (C=O) groups excluding carboxylic acids is 1. The van der Waals surface area contributed by atoms with Crippen molar-refractivity contribution in [2.75, 3.05) is 10.8 Å². The Morgan fingerprint density at radius 3 is 2.31 bits per heavy atom. The third-order valence-corrected chi connectivity index (χ3v) is 8.91. The van der Waals surface area contributed by atoms with E-state index in [9.17, 15) is 49.5 Å².